The van der Waals surface area contributed by atoms with E-state index in [-0.39, 0.29) is 30.2 Å². The highest BCUT2D eigenvalue weighted by Crippen LogP contribution is 2.48. The number of fused-ring (bicyclic) bond motifs is 1. The molecule has 5 rings (SSSR count). The highest BCUT2D eigenvalue weighted by molar-refractivity contribution is 6.05. The van der Waals surface area contributed by atoms with Gasteiger partial charge in [-0.05, 0) is 54.7 Å². The summed E-state index contributed by atoms with van der Waals surface area (Å²) in [5.41, 5.74) is 8.78. The van der Waals surface area contributed by atoms with Crippen molar-refractivity contribution in [2.75, 3.05) is 13.2 Å². The van der Waals surface area contributed by atoms with Gasteiger partial charge in [-0.25, -0.2) is 0 Å². The molecular weight excluding hydrogens is 396 g/mol. The molecule has 3 aliphatic heterocycles. The number of hydrogen-bond acceptors (Lipinski definition) is 6. The van der Waals surface area contributed by atoms with Crippen molar-refractivity contribution < 1.29 is 19.1 Å². The van der Waals surface area contributed by atoms with E-state index in [0.717, 1.165) is 37.0 Å². The van der Waals surface area contributed by atoms with Crippen LogP contribution < -0.4 is 16.4 Å². The van der Waals surface area contributed by atoms with Crippen molar-refractivity contribution in [3.8, 4) is 0 Å². The van der Waals surface area contributed by atoms with E-state index < -0.39 is 6.04 Å². The zero-order valence-electron chi connectivity index (χ0n) is 17.7. The van der Waals surface area contributed by atoms with Gasteiger partial charge in [0.05, 0.1) is 12.7 Å². The zero-order valence-corrected chi connectivity index (χ0v) is 17.7. The van der Waals surface area contributed by atoms with E-state index in [4.69, 9.17) is 10.5 Å². The van der Waals surface area contributed by atoms with Gasteiger partial charge >= 0.3 is 0 Å². The normalized spacial score (nSPS) is 32.7. The summed E-state index contributed by atoms with van der Waals surface area (Å²) in [6.45, 7) is 2.53. The van der Waals surface area contributed by atoms with Crippen molar-refractivity contribution in [2.24, 2.45) is 11.1 Å². The van der Waals surface area contributed by atoms with Gasteiger partial charge in [-0.15, -0.1) is 0 Å². The number of piperidine rings is 1. The molecule has 0 radical (unpaired) electrons. The summed E-state index contributed by atoms with van der Waals surface area (Å²) < 4.78 is 5.90. The van der Waals surface area contributed by atoms with E-state index in [0.29, 0.717) is 43.1 Å². The molecule has 8 heteroatoms. The van der Waals surface area contributed by atoms with Crippen molar-refractivity contribution in [1.29, 1.82) is 0 Å². The van der Waals surface area contributed by atoms with Crippen LogP contribution in [0.5, 0.6) is 0 Å². The number of hydrogen-bond donors (Lipinski definition) is 3. The first-order valence-corrected chi connectivity index (χ1v) is 11.3. The Kier molecular flexibility index (Phi) is 5.32. The molecule has 4 N–H and O–H groups in total. The van der Waals surface area contributed by atoms with Gasteiger partial charge in [-0.3, -0.25) is 19.7 Å². The average Bonchev–Trinajstić information content (AvgIpc) is 3.08. The Balaban J connectivity index is 1.20. The molecule has 0 aromatic heterocycles. The van der Waals surface area contributed by atoms with E-state index in [9.17, 15) is 14.4 Å². The molecular formula is C23H30N4O4. The van der Waals surface area contributed by atoms with Crippen LogP contribution in [0.1, 0.15) is 60.0 Å². The monoisotopic (exact) mass is 426 g/mol. The van der Waals surface area contributed by atoms with E-state index in [1.54, 1.807) is 4.90 Å². The number of carbonyl (C=O) groups is 3. The van der Waals surface area contributed by atoms with Crippen molar-refractivity contribution in [2.45, 2.75) is 69.8 Å². The first-order valence-electron chi connectivity index (χ1n) is 11.3. The third-order valence-corrected chi connectivity index (χ3v) is 7.50. The number of ether oxygens (including phenoxy) is 1. The number of nitrogens with two attached hydrogens (primary N) is 1. The Hall–Kier alpha value is -2.29. The molecule has 31 heavy (non-hydrogen) atoms. The number of nitrogens with one attached hydrogen (secondary N) is 2. The molecule has 2 atom stereocenters. The van der Waals surface area contributed by atoms with E-state index in [1.807, 2.05) is 12.1 Å². The Labute approximate surface area is 181 Å². The summed E-state index contributed by atoms with van der Waals surface area (Å²) in [7, 11) is 0. The van der Waals surface area contributed by atoms with Gasteiger partial charge in [0.15, 0.2) is 0 Å². The summed E-state index contributed by atoms with van der Waals surface area (Å²) in [4.78, 5) is 38.3. The maximum atomic E-state index is 13.0. The molecule has 8 nitrogen and oxygen atoms in total. The fourth-order valence-corrected chi connectivity index (χ4v) is 5.62. The first-order chi connectivity index (χ1) is 15.0. The molecule has 3 amide bonds. The summed E-state index contributed by atoms with van der Waals surface area (Å²) in [5.74, 6) is -0.762. The highest BCUT2D eigenvalue weighted by Gasteiger charge is 2.46. The fraction of sp³-hybridized carbons (Fsp3) is 0.609. The SMILES string of the molecule is NCC1CCC2(CO1)CC(NCc1cccc3c1CN(C1CCC(=O)NC1=O)C3=O)C2. The molecule has 0 bridgehead atoms. The summed E-state index contributed by atoms with van der Waals surface area (Å²) in [5, 5.41) is 6.01. The Morgan fingerprint density at radius 2 is 2.06 bits per heavy atom. The Morgan fingerprint density at radius 1 is 1.23 bits per heavy atom. The maximum Gasteiger partial charge on any atom is 0.255 e. The van der Waals surface area contributed by atoms with Crippen molar-refractivity contribution in [3.05, 3.63) is 34.9 Å². The predicted molar refractivity (Wildman–Crippen MR) is 113 cm³/mol. The second kappa shape index (κ2) is 8.00. The quantitative estimate of drug-likeness (QED) is 0.601. The largest absolute Gasteiger partial charge is 0.376 e. The molecule has 1 aliphatic carbocycles. The topological polar surface area (TPSA) is 114 Å². The first kappa shape index (κ1) is 20.6. The summed E-state index contributed by atoms with van der Waals surface area (Å²) in [6.07, 6.45) is 5.33. The fourth-order valence-electron chi connectivity index (χ4n) is 5.62. The third kappa shape index (κ3) is 3.77. The maximum absolute atomic E-state index is 13.0. The number of carbonyl (C=O) groups excluding carboxylic acids is 3. The van der Waals surface area contributed by atoms with Crippen molar-refractivity contribution in [3.63, 3.8) is 0 Å². The molecule has 1 spiro atoms. The van der Waals surface area contributed by atoms with Crippen LogP contribution in [0, 0.1) is 5.41 Å². The van der Waals surface area contributed by atoms with Gasteiger partial charge in [-0.2, -0.15) is 0 Å². The summed E-state index contributed by atoms with van der Waals surface area (Å²) in [6, 6.07) is 5.67. The third-order valence-electron chi connectivity index (χ3n) is 7.50. The van der Waals surface area contributed by atoms with E-state index in [2.05, 4.69) is 16.7 Å². The van der Waals surface area contributed by atoms with Crippen LogP contribution in [0.3, 0.4) is 0 Å². The molecule has 3 heterocycles. The van der Waals surface area contributed by atoms with Gasteiger partial charge in [0.2, 0.25) is 11.8 Å². The molecule has 166 valence electrons. The van der Waals surface area contributed by atoms with Gasteiger partial charge < -0.3 is 20.7 Å². The number of benzene rings is 1. The molecule has 1 saturated carbocycles. The molecule has 3 fully saturated rings. The number of nitrogens with zero attached hydrogens (tertiary/aromatic N) is 1. The number of imide groups is 1. The minimum Gasteiger partial charge on any atom is -0.376 e. The molecule has 1 aromatic carbocycles. The van der Waals surface area contributed by atoms with E-state index >= 15 is 0 Å². The Morgan fingerprint density at radius 3 is 2.77 bits per heavy atom. The second-order valence-corrected chi connectivity index (χ2v) is 9.54. The van der Waals surface area contributed by atoms with Crippen LogP contribution in [-0.4, -0.2) is 54.0 Å². The highest BCUT2D eigenvalue weighted by atomic mass is 16.5. The molecule has 2 unspecified atom stereocenters. The lowest BCUT2D eigenvalue weighted by molar-refractivity contribution is -0.136. The number of amides is 3. The van der Waals surface area contributed by atoms with Crippen LogP contribution in [0.25, 0.3) is 0 Å². The average molecular weight is 427 g/mol. The van der Waals surface area contributed by atoms with Crippen LogP contribution in [0.4, 0.5) is 0 Å². The van der Waals surface area contributed by atoms with Gasteiger partial charge in [-0.1, -0.05) is 12.1 Å². The minimum absolute atomic E-state index is 0.122. The van der Waals surface area contributed by atoms with Crippen molar-refractivity contribution >= 4 is 17.7 Å². The van der Waals surface area contributed by atoms with Crippen LogP contribution in [0.15, 0.2) is 18.2 Å². The number of rotatable bonds is 5. The smallest absolute Gasteiger partial charge is 0.255 e. The van der Waals surface area contributed by atoms with Crippen LogP contribution in [-0.2, 0) is 27.4 Å². The van der Waals surface area contributed by atoms with Crippen molar-refractivity contribution in [1.82, 2.24) is 15.5 Å². The predicted octanol–water partition coefficient (Wildman–Crippen LogP) is 0.824. The minimum atomic E-state index is -0.575. The molecule has 1 aromatic rings. The lowest BCUT2D eigenvalue weighted by atomic mass is 9.62. The lowest BCUT2D eigenvalue weighted by Crippen LogP contribution is -2.54. The second-order valence-electron chi connectivity index (χ2n) is 9.54. The Bertz CT molecular complexity index is 901. The van der Waals surface area contributed by atoms with Crippen LogP contribution in [0.2, 0.25) is 0 Å². The molecule has 4 aliphatic rings. The molecule has 2 saturated heterocycles. The van der Waals surface area contributed by atoms with Gasteiger partial charge in [0, 0.05) is 37.7 Å². The van der Waals surface area contributed by atoms with Gasteiger partial charge in [0.25, 0.3) is 5.91 Å². The zero-order chi connectivity index (χ0) is 21.6. The lowest BCUT2D eigenvalue weighted by Gasteiger charge is -2.51. The standard InChI is InChI=1S/C23H30N4O4/c24-10-16-6-7-23(13-31-16)8-15(9-23)25-11-14-2-1-3-17-18(14)12-27(22(17)30)19-4-5-20(28)26-21(19)29/h1-3,15-16,19,25H,4-13,24H2,(H,26,28,29). The van der Waals surface area contributed by atoms with Gasteiger partial charge in [0.1, 0.15) is 6.04 Å². The van der Waals surface area contributed by atoms with Crippen LogP contribution >= 0.6 is 0 Å². The summed E-state index contributed by atoms with van der Waals surface area (Å²) >= 11 is 0. The van der Waals surface area contributed by atoms with E-state index in [1.165, 1.54) is 6.42 Å².